The van der Waals surface area contributed by atoms with E-state index in [0.29, 0.717) is 17.3 Å². The van der Waals surface area contributed by atoms with Crippen LogP contribution in [-0.2, 0) is 0 Å². The number of nitrogens with one attached hydrogen (secondary N) is 1. The number of hydrogen-bond donors (Lipinski definition) is 2. The first-order valence-electron chi connectivity index (χ1n) is 6.49. The SMILES string of the molecule is CSC1CCC(NC(=O)c2ccc(N)c(Br)c2)CC1. The number of rotatable bonds is 3. The Morgan fingerprint density at radius 2 is 2.05 bits per heavy atom. The molecule has 1 fully saturated rings. The highest BCUT2D eigenvalue weighted by Gasteiger charge is 2.22. The highest BCUT2D eigenvalue weighted by atomic mass is 79.9. The molecule has 0 aliphatic heterocycles. The van der Waals surface area contributed by atoms with Crippen LogP contribution in [0.25, 0.3) is 0 Å². The third-order valence-corrected chi connectivity index (χ3v) is 5.43. The van der Waals surface area contributed by atoms with E-state index in [1.165, 1.54) is 12.8 Å². The fraction of sp³-hybridized carbons (Fsp3) is 0.500. The zero-order valence-electron chi connectivity index (χ0n) is 11.0. The zero-order valence-corrected chi connectivity index (χ0v) is 13.4. The normalized spacial score (nSPS) is 23.1. The van der Waals surface area contributed by atoms with Gasteiger partial charge in [0.05, 0.1) is 0 Å². The smallest absolute Gasteiger partial charge is 0.251 e. The van der Waals surface area contributed by atoms with Crippen LogP contribution in [0.4, 0.5) is 5.69 Å². The lowest BCUT2D eigenvalue weighted by atomic mass is 9.94. The Morgan fingerprint density at radius 1 is 1.37 bits per heavy atom. The molecule has 0 atom stereocenters. The Labute approximate surface area is 126 Å². The average molecular weight is 343 g/mol. The number of halogens is 1. The number of nitrogens with two attached hydrogens (primary N) is 1. The number of benzene rings is 1. The fourth-order valence-corrected chi connectivity index (χ4v) is 3.50. The summed E-state index contributed by atoms with van der Waals surface area (Å²) < 4.78 is 0.770. The van der Waals surface area contributed by atoms with Crippen LogP contribution in [0.2, 0.25) is 0 Å². The molecule has 0 radical (unpaired) electrons. The molecule has 0 spiro atoms. The van der Waals surface area contributed by atoms with Crippen molar-refractivity contribution in [1.29, 1.82) is 0 Å². The Hall–Kier alpha value is -0.680. The van der Waals surface area contributed by atoms with E-state index >= 15 is 0 Å². The predicted molar refractivity (Wildman–Crippen MR) is 85.6 cm³/mol. The summed E-state index contributed by atoms with van der Waals surface area (Å²) in [4.78, 5) is 12.1. The molecule has 1 aliphatic rings. The molecule has 0 unspecified atom stereocenters. The van der Waals surface area contributed by atoms with Gasteiger partial charge in [0.15, 0.2) is 0 Å². The van der Waals surface area contributed by atoms with Crippen molar-refractivity contribution in [3.8, 4) is 0 Å². The van der Waals surface area contributed by atoms with Crippen molar-refractivity contribution >= 4 is 39.3 Å². The molecule has 0 aromatic heterocycles. The molecule has 19 heavy (non-hydrogen) atoms. The van der Waals surface area contributed by atoms with Gasteiger partial charge in [-0.2, -0.15) is 11.8 Å². The number of anilines is 1. The molecular formula is C14H19BrN2OS. The highest BCUT2D eigenvalue weighted by Crippen LogP contribution is 2.27. The van der Waals surface area contributed by atoms with Crippen molar-refractivity contribution in [2.45, 2.75) is 37.0 Å². The second-order valence-electron chi connectivity index (χ2n) is 4.92. The maximum absolute atomic E-state index is 12.1. The summed E-state index contributed by atoms with van der Waals surface area (Å²) in [5, 5.41) is 3.88. The zero-order chi connectivity index (χ0) is 13.8. The number of nitrogen functional groups attached to an aromatic ring is 1. The van der Waals surface area contributed by atoms with Gasteiger partial charge in [0.2, 0.25) is 0 Å². The Morgan fingerprint density at radius 3 is 2.63 bits per heavy atom. The van der Waals surface area contributed by atoms with Crippen LogP contribution in [0, 0.1) is 0 Å². The van der Waals surface area contributed by atoms with Crippen LogP contribution in [0.3, 0.4) is 0 Å². The standard InChI is InChI=1S/C14H19BrN2OS/c1-19-11-5-3-10(4-6-11)17-14(18)9-2-7-13(16)12(15)8-9/h2,7-8,10-11H,3-6,16H2,1H3,(H,17,18). The predicted octanol–water partition coefficient (Wildman–Crippen LogP) is 3.44. The molecule has 1 aromatic carbocycles. The molecule has 0 heterocycles. The average Bonchev–Trinajstić information content (AvgIpc) is 2.42. The highest BCUT2D eigenvalue weighted by molar-refractivity contribution is 9.10. The van der Waals surface area contributed by atoms with Gasteiger partial charge >= 0.3 is 0 Å². The van der Waals surface area contributed by atoms with Gasteiger partial charge in [0.25, 0.3) is 5.91 Å². The van der Waals surface area contributed by atoms with Crippen LogP contribution < -0.4 is 11.1 Å². The third-order valence-electron chi connectivity index (χ3n) is 3.61. The molecule has 1 aromatic rings. The summed E-state index contributed by atoms with van der Waals surface area (Å²) in [7, 11) is 0. The molecule has 0 bridgehead atoms. The number of amides is 1. The summed E-state index contributed by atoms with van der Waals surface area (Å²) >= 11 is 5.28. The van der Waals surface area contributed by atoms with Gasteiger partial charge in [-0.25, -0.2) is 0 Å². The second-order valence-corrected chi connectivity index (χ2v) is 6.91. The van der Waals surface area contributed by atoms with Gasteiger partial charge in [0.1, 0.15) is 0 Å². The van der Waals surface area contributed by atoms with Gasteiger partial charge in [-0.05, 0) is 66.1 Å². The minimum Gasteiger partial charge on any atom is -0.398 e. The van der Waals surface area contributed by atoms with E-state index in [2.05, 4.69) is 27.5 Å². The molecular weight excluding hydrogens is 324 g/mol. The molecule has 1 saturated carbocycles. The topological polar surface area (TPSA) is 55.1 Å². The molecule has 1 aliphatic carbocycles. The van der Waals surface area contributed by atoms with Crippen molar-refractivity contribution in [3.63, 3.8) is 0 Å². The third kappa shape index (κ3) is 3.89. The number of hydrogen-bond acceptors (Lipinski definition) is 3. The van der Waals surface area contributed by atoms with Crippen molar-refractivity contribution in [3.05, 3.63) is 28.2 Å². The lowest BCUT2D eigenvalue weighted by molar-refractivity contribution is 0.0928. The van der Waals surface area contributed by atoms with E-state index in [0.717, 1.165) is 22.6 Å². The van der Waals surface area contributed by atoms with Gasteiger partial charge in [-0.3, -0.25) is 4.79 Å². The van der Waals surface area contributed by atoms with E-state index in [1.54, 1.807) is 18.2 Å². The van der Waals surface area contributed by atoms with E-state index < -0.39 is 0 Å². The maximum Gasteiger partial charge on any atom is 0.251 e. The van der Waals surface area contributed by atoms with Gasteiger partial charge in [-0.1, -0.05) is 0 Å². The first-order valence-corrected chi connectivity index (χ1v) is 8.57. The minimum atomic E-state index is -0.00620. The molecule has 3 N–H and O–H groups in total. The molecule has 1 amide bonds. The van der Waals surface area contributed by atoms with Crippen molar-refractivity contribution in [1.82, 2.24) is 5.32 Å². The van der Waals surface area contributed by atoms with Crippen molar-refractivity contribution in [2.24, 2.45) is 0 Å². The summed E-state index contributed by atoms with van der Waals surface area (Å²) in [6.07, 6.45) is 6.70. The van der Waals surface area contributed by atoms with Crippen LogP contribution >= 0.6 is 27.7 Å². The monoisotopic (exact) mass is 342 g/mol. The maximum atomic E-state index is 12.1. The van der Waals surface area contributed by atoms with Crippen molar-refractivity contribution in [2.75, 3.05) is 12.0 Å². The van der Waals surface area contributed by atoms with E-state index in [9.17, 15) is 4.79 Å². The molecule has 3 nitrogen and oxygen atoms in total. The van der Waals surface area contributed by atoms with Gasteiger partial charge < -0.3 is 11.1 Å². The molecule has 2 rings (SSSR count). The van der Waals surface area contributed by atoms with Crippen LogP contribution in [-0.4, -0.2) is 23.5 Å². The molecule has 5 heteroatoms. The van der Waals surface area contributed by atoms with Crippen LogP contribution in [0.15, 0.2) is 22.7 Å². The summed E-state index contributed by atoms with van der Waals surface area (Å²) in [5.74, 6) is -0.00620. The summed E-state index contributed by atoms with van der Waals surface area (Å²) in [6.45, 7) is 0. The number of thioether (sulfide) groups is 1. The quantitative estimate of drug-likeness (QED) is 0.827. The van der Waals surface area contributed by atoms with Crippen LogP contribution in [0.1, 0.15) is 36.0 Å². The van der Waals surface area contributed by atoms with E-state index in [4.69, 9.17) is 5.73 Å². The first kappa shape index (κ1) is 14.7. The summed E-state index contributed by atoms with van der Waals surface area (Å²) in [6, 6.07) is 5.61. The Kier molecular flexibility index (Phi) is 5.16. The van der Waals surface area contributed by atoms with Gasteiger partial charge in [-0.15, -0.1) is 0 Å². The number of carbonyl (C=O) groups is 1. The fourth-order valence-electron chi connectivity index (χ4n) is 2.38. The number of carbonyl (C=O) groups excluding carboxylic acids is 1. The van der Waals surface area contributed by atoms with Gasteiger partial charge in [0, 0.05) is 27.0 Å². The van der Waals surface area contributed by atoms with Crippen LogP contribution in [0.5, 0.6) is 0 Å². The Balaban J connectivity index is 1.92. The largest absolute Gasteiger partial charge is 0.398 e. The first-order chi connectivity index (χ1) is 9.10. The summed E-state index contributed by atoms with van der Waals surface area (Å²) in [5.41, 5.74) is 7.03. The van der Waals surface area contributed by atoms with E-state index in [-0.39, 0.29) is 5.91 Å². The molecule has 104 valence electrons. The van der Waals surface area contributed by atoms with Crippen molar-refractivity contribution < 1.29 is 4.79 Å². The molecule has 0 saturated heterocycles. The van der Waals surface area contributed by atoms with E-state index in [1.807, 2.05) is 11.8 Å². The lowest BCUT2D eigenvalue weighted by Crippen LogP contribution is -2.38. The lowest BCUT2D eigenvalue weighted by Gasteiger charge is -2.28. The Bertz CT molecular complexity index is 459. The second kappa shape index (κ2) is 6.66. The minimum absolute atomic E-state index is 0.00620.